The molecule has 0 unspecified atom stereocenters. The number of nitrogens with zero attached hydrogens (tertiary/aromatic N) is 2. The van der Waals surface area contributed by atoms with Gasteiger partial charge in [0.2, 0.25) is 0 Å². The summed E-state index contributed by atoms with van der Waals surface area (Å²) in [5, 5.41) is 0.402. The number of esters is 1. The number of hydrogen-bond donors (Lipinski definition) is 0. The smallest absolute Gasteiger partial charge is 0.309 e. The number of carbonyl (C=O) groups excluding carboxylic acids is 2. The number of piperidine rings is 1. The second-order valence-corrected chi connectivity index (χ2v) is 6.03. The van der Waals surface area contributed by atoms with Crippen LogP contribution < -0.4 is 0 Å². The molecule has 1 amide bonds. The van der Waals surface area contributed by atoms with Crippen LogP contribution in [0.2, 0.25) is 5.15 Å². The zero-order chi connectivity index (χ0) is 16.9. The Labute approximate surface area is 144 Å². The van der Waals surface area contributed by atoms with Crippen LogP contribution in [0.3, 0.4) is 0 Å². The summed E-state index contributed by atoms with van der Waals surface area (Å²) in [6.07, 6.45) is 4.23. The van der Waals surface area contributed by atoms with Crippen LogP contribution >= 0.6 is 11.6 Å². The highest BCUT2D eigenvalue weighted by Crippen LogP contribution is 2.21. The molecule has 6 nitrogen and oxygen atoms in total. The summed E-state index contributed by atoms with van der Waals surface area (Å²) in [5.41, 5.74) is 0.790. The molecule has 2 aromatic rings. The van der Waals surface area contributed by atoms with E-state index >= 15 is 0 Å². The van der Waals surface area contributed by atoms with Gasteiger partial charge in [0.15, 0.2) is 5.76 Å². The van der Waals surface area contributed by atoms with E-state index in [0.717, 1.165) is 5.56 Å². The van der Waals surface area contributed by atoms with E-state index in [2.05, 4.69) is 4.98 Å². The van der Waals surface area contributed by atoms with Crippen molar-refractivity contribution < 1.29 is 18.7 Å². The Kier molecular flexibility index (Phi) is 5.15. The van der Waals surface area contributed by atoms with Crippen LogP contribution in [0, 0.1) is 5.92 Å². The SMILES string of the molecule is O=C(OCc1ccc(Cl)nc1)C1CCN(C(=O)c2ccco2)CC1. The number of hydrogen-bond acceptors (Lipinski definition) is 5. The molecule has 7 heteroatoms. The summed E-state index contributed by atoms with van der Waals surface area (Å²) in [6, 6.07) is 6.75. The predicted molar refractivity (Wildman–Crippen MR) is 86.4 cm³/mol. The molecule has 1 aliphatic rings. The molecule has 0 N–H and O–H groups in total. The molecule has 3 rings (SSSR count). The number of likely N-dealkylation sites (tertiary alicyclic amines) is 1. The van der Waals surface area contributed by atoms with Crippen LogP contribution in [-0.2, 0) is 16.1 Å². The van der Waals surface area contributed by atoms with Crippen molar-refractivity contribution in [1.29, 1.82) is 0 Å². The molecular weight excluding hydrogens is 332 g/mol. The van der Waals surface area contributed by atoms with Crippen molar-refractivity contribution in [1.82, 2.24) is 9.88 Å². The number of halogens is 1. The lowest BCUT2D eigenvalue weighted by Crippen LogP contribution is -2.40. The first-order chi connectivity index (χ1) is 11.6. The Morgan fingerprint density at radius 3 is 2.71 bits per heavy atom. The Hall–Kier alpha value is -2.34. The van der Waals surface area contributed by atoms with Crippen LogP contribution in [0.5, 0.6) is 0 Å². The van der Waals surface area contributed by atoms with Crippen molar-refractivity contribution >= 4 is 23.5 Å². The first-order valence-electron chi connectivity index (χ1n) is 7.73. The number of ether oxygens (including phenoxy) is 1. The summed E-state index contributed by atoms with van der Waals surface area (Å²) >= 11 is 5.71. The molecule has 3 heterocycles. The van der Waals surface area contributed by atoms with E-state index in [1.54, 1.807) is 35.4 Å². The standard InChI is InChI=1S/C17H17ClN2O4/c18-15-4-3-12(10-19-15)11-24-17(22)13-5-7-20(8-6-13)16(21)14-2-1-9-23-14/h1-4,9-10,13H,5-8,11H2. The fraction of sp³-hybridized carbons (Fsp3) is 0.353. The van der Waals surface area contributed by atoms with E-state index < -0.39 is 0 Å². The van der Waals surface area contributed by atoms with Crippen molar-refractivity contribution in [2.24, 2.45) is 5.92 Å². The summed E-state index contributed by atoms with van der Waals surface area (Å²) in [7, 11) is 0. The van der Waals surface area contributed by atoms with Gasteiger partial charge in [-0.25, -0.2) is 4.98 Å². The van der Waals surface area contributed by atoms with E-state index in [9.17, 15) is 9.59 Å². The van der Waals surface area contributed by atoms with Crippen molar-refractivity contribution in [2.75, 3.05) is 13.1 Å². The number of pyridine rings is 1. The second-order valence-electron chi connectivity index (χ2n) is 5.64. The lowest BCUT2D eigenvalue weighted by molar-refractivity contribution is -0.151. The van der Waals surface area contributed by atoms with Gasteiger partial charge in [-0.1, -0.05) is 17.7 Å². The molecule has 24 heavy (non-hydrogen) atoms. The molecule has 126 valence electrons. The molecule has 0 aliphatic carbocycles. The molecular formula is C17H17ClN2O4. The van der Waals surface area contributed by atoms with Gasteiger partial charge in [-0.3, -0.25) is 9.59 Å². The van der Waals surface area contributed by atoms with E-state index in [0.29, 0.717) is 36.8 Å². The zero-order valence-corrected chi connectivity index (χ0v) is 13.7. The van der Waals surface area contributed by atoms with Crippen LogP contribution in [0.4, 0.5) is 0 Å². The molecule has 0 radical (unpaired) electrons. The van der Waals surface area contributed by atoms with Crippen molar-refractivity contribution in [3.63, 3.8) is 0 Å². The van der Waals surface area contributed by atoms with Gasteiger partial charge in [0.1, 0.15) is 11.8 Å². The summed E-state index contributed by atoms with van der Waals surface area (Å²) < 4.78 is 10.5. The fourth-order valence-corrected chi connectivity index (χ4v) is 2.75. The maximum atomic E-state index is 12.2. The van der Waals surface area contributed by atoms with Gasteiger partial charge in [-0.05, 0) is 31.0 Å². The summed E-state index contributed by atoms with van der Waals surface area (Å²) in [5.74, 6) is -0.244. The first-order valence-corrected chi connectivity index (χ1v) is 8.11. The Bertz CT molecular complexity index is 692. The minimum atomic E-state index is -0.241. The molecule has 0 atom stereocenters. The van der Waals surface area contributed by atoms with Crippen LogP contribution in [-0.4, -0.2) is 34.8 Å². The third-order valence-electron chi connectivity index (χ3n) is 4.02. The third-order valence-corrected chi connectivity index (χ3v) is 4.24. The Balaban J connectivity index is 1.46. The van der Waals surface area contributed by atoms with Gasteiger partial charge in [0.25, 0.3) is 5.91 Å². The second kappa shape index (κ2) is 7.49. The van der Waals surface area contributed by atoms with Gasteiger partial charge in [0, 0.05) is 24.8 Å². The number of amides is 1. The maximum Gasteiger partial charge on any atom is 0.309 e. The highest BCUT2D eigenvalue weighted by molar-refractivity contribution is 6.29. The quantitative estimate of drug-likeness (QED) is 0.627. The van der Waals surface area contributed by atoms with Crippen molar-refractivity contribution in [3.8, 4) is 0 Å². The average Bonchev–Trinajstić information content (AvgIpc) is 3.15. The minimum absolute atomic E-state index is 0.140. The van der Waals surface area contributed by atoms with Crippen LogP contribution in [0.15, 0.2) is 41.1 Å². The molecule has 1 aliphatic heterocycles. The maximum absolute atomic E-state index is 12.2. The summed E-state index contributed by atoms with van der Waals surface area (Å²) in [6.45, 7) is 1.21. The van der Waals surface area contributed by atoms with Crippen LogP contribution in [0.1, 0.15) is 29.0 Å². The van der Waals surface area contributed by atoms with E-state index in [-0.39, 0.29) is 24.4 Å². The third kappa shape index (κ3) is 3.94. The largest absolute Gasteiger partial charge is 0.461 e. The lowest BCUT2D eigenvalue weighted by Gasteiger charge is -2.30. The van der Waals surface area contributed by atoms with Crippen LogP contribution in [0.25, 0.3) is 0 Å². The minimum Gasteiger partial charge on any atom is -0.461 e. The van der Waals surface area contributed by atoms with Crippen molar-refractivity contribution in [3.05, 3.63) is 53.2 Å². The van der Waals surface area contributed by atoms with Gasteiger partial charge >= 0.3 is 5.97 Å². The number of furan rings is 1. The Morgan fingerprint density at radius 2 is 2.08 bits per heavy atom. The molecule has 0 saturated carbocycles. The number of rotatable bonds is 4. The molecule has 2 aromatic heterocycles. The number of aromatic nitrogens is 1. The van der Waals surface area contributed by atoms with Gasteiger partial charge in [-0.15, -0.1) is 0 Å². The van der Waals surface area contributed by atoms with Gasteiger partial charge < -0.3 is 14.1 Å². The van der Waals surface area contributed by atoms with Gasteiger partial charge in [0.05, 0.1) is 12.2 Å². The van der Waals surface area contributed by atoms with Gasteiger partial charge in [-0.2, -0.15) is 0 Å². The Morgan fingerprint density at radius 1 is 1.29 bits per heavy atom. The molecule has 1 saturated heterocycles. The topological polar surface area (TPSA) is 72.6 Å². The first kappa shape index (κ1) is 16.5. The average molecular weight is 349 g/mol. The normalized spacial score (nSPS) is 15.3. The monoisotopic (exact) mass is 348 g/mol. The zero-order valence-electron chi connectivity index (χ0n) is 13.0. The van der Waals surface area contributed by atoms with E-state index in [4.69, 9.17) is 20.8 Å². The predicted octanol–water partition coefficient (Wildman–Crippen LogP) is 2.92. The van der Waals surface area contributed by atoms with E-state index in [1.165, 1.54) is 6.26 Å². The van der Waals surface area contributed by atoms with Crippen molar-refractivity contribution in [2.45, 2.75) is 19.4 Å². The fourth-order valence-electron chi connectivity index (χ4n) is 2.64. The molecule has 0 spiro atoms. The molecule has 0 aromatic carbocycles. The molecule has 0 bridgehead atoms. The highest BCUT2D eigenvalue weighted by Gasteiger charge is 2.29. The molecule has 1 fully saturated rings. The number of carbonyl (C=O) groups is 2. The van der Waals surface area contributed by atoms with E-state index in [1.807, 2.05) is 0 Å². The lowest BCUT2D eigenvalue weighted by atomic mass is 9.97. The highest BCUT2D eigenvalue weighted by atomic mass is 35.5. The summed E-state index contributed by atoms with van der Waals surface area (Å²) in [4.78, 5) is 30.0.